The van der Waals surface area contributed by atoms with Crippen molar-refractivity contribution in [2.45, 2.75) is 38.2 Å². The van der Waals surface area contributed by atoms with E-state index in [9.17, 15) is 13.5 Å². The van der Waals surface area contributed by atoms with Gasteiger partial charge in [0, 0.05) is 13.1 Å². The van der Waals surface area contributed by atoms with Crippen LogP contribution in [-0.2, 0) is 10.0 Å². The molecule has 1 aliphatic heterocycles. The number of aliphatic hydroxyl groups excluding tert-OH is 1. The minimum Gasteiger partial charge on any atom is -0.496 e. The van der Waals surface area contributed by atoms with E-state index >= 15 is 0 Å². The Labute approximate surface area is 126 Å². The van der Waals surface area contributed by atoms with Crippen LogP contribution in [0.1, 0.15) is 24.5 Å². The van der Waals surface area contributed by atoms with Crippen LogP contribution in [0.5, 0.6) is 5.75 Å². The summed E-state index contributed by atoms with van der Waals surface area (Å²) in [5, 5.41) is 9.92. The third-order valence-corrected chi connectivity index (χ3v) is 6.00. The number of aliphatic hydroxyl groups is 1. The molecule has 0 aliphatic carbocycles. The molecule has 1 aromatic carbocycles. The molecule has 21 heavy (non-hydrogen) atoms. The molecule has 1 fully saturated rings. The molecule has 2 rings (SSSR count). The monoisotopic (exact) mass is 313 g/mol. The summed E-state index contributed by atoms with van der Waals surface area (Å²) in [5.74, 6) is 0.844. The third-order valence-electron chi connectivity index (χ3n) is 4.16. The van der Waals surface area contributed by atoms with E-state index in [0.29, 0.717) is 18.7 Å². The lowest BCUT2D eigenvalue weighted by Gasteiger charge is -2.33. The van der Waals surface area contributed by atoms with Gasteiger partial charge in [0.1, 0.15) is 5.75 Å². The molecule has 0 spiro atoms. The second-order valence-corrected chi connectivity index (χ2v) is 7.72. The lowest BCUT2D eigenvalue weighted by atomic mass is 9.98. The van der Waals surface area contributed by atoms with Gasteiger partial charge in [0.05, 0.1) is 18.1 Å². The van der Waals surface area contributed by atoms with Gasteiger partial charge >= 0.3 is 0 Å². The van der Waals surface area contributed by atoms with Crippen LogP contribution in [0.3, 0.4) is 0 Å². The number of ether oxygens (including phenoxy) is 1. The molecular formula is C15H23NO4S. The summed E-state index contributed by atoms with van der Waals surface area (Å²) >= 11 is 0. The summed E-state index contributed by atoms with van der Waals surface area (Å²) in [7, 11) is -2.00. The molecule has 0 radical (unpaired) electrons. The van der Waals surface area contributed by atoms with Gasteiger partial charge in [-0.2, -0.15) is 4.31 Å². The van der Waals surface area contributed by atoms with Crippen molar-refractivity contribution in [3.63, 3.8) is 0 Å². The van der Waals surface area contributed by atoms with E-state index < -0.39 is 16.1 Å². The third kappa shape index (κ3) is 3.07. The Kier molecular flexibility index (Phi) is 4.60. The molecule has 1 N–H and O–H groups in total. The van der Waals surface area contributed by atoms with Crippen molar-refractivity contribution in [2.24, 2.45) is 5.92 Å². The van der Waals surface area contributed by atoms with Gasteiger partial charge in [0.15, 0.2) is 0 Å². The van der Waals surface area contributed by atoms with Crippen molar-refractivity contribution in [2.75, 3.05) is 20.2 Å². The highest BCUT2D eigenvalue weighted by Crippen LogP contribution is 2.29. The van der Waals surface area contributed by atoms with Crippen LogP contribution >= 0.6 is 0 Å². The fourth-order valence-electron chi connectivity index (χ4n) is 2.77. The van der Waals surface area contributed by atoms with Crippen LogP contribution in [0, 0.1) is 19.8 Å². The van der Waals surface area contributed by atoms with E-state index in [1.165, 1.54) is 4.31 Å². The van der Waals surface area contributed by atoms with Crippen LogP contribution in [0.15, 0.2) is 17.0 Å². The Bertz CT molecular complexity index is 604. The maximum absolute atomic E-state index is 12.7. The fourth-order valence-corrected chi connectivity index (χ4v) is 4.41. The zero-order valence-electron chi connectivity index (χ0n) is 13.0. The molecule has 2 atom stereocenters. The summed E-state index contributed by atoms with van der Waals surface area (Å²) < 4.78 is 32.1. The van der Waals surface area contributed by atoms with E-state index in [-0.39, 0.29) is 17.4 Å². The number of rotatable bonds is 3. The molecule has 6 heteroatoms. The largest absolute Gasteiger partial charge is 0.496 e. The first-order chi connectivity index (χ1) is 9.77. The number of nitrogens with zero attached hydrogens (tertiary/aromatic N) is 1. The highest BCUT2D eigenvalue weighted by atomic mass is 32.2. The van der Waals surface area contributed by atoms with Gasteiger partial charge in [0.25, 0.3) is 0 Å². The van der Waals surface area contributed by atoms with Crippen molar-refractivity contribution in [1.29, 1.82) is 0 Å². The van der Waals surface area contributed by atoms with E-state index in [1.54, 1.807) is 19.2 Å². The molecule has 0 bridgehead atoms. The van der Waals surface area contributed by atoms with Crippen molar-refractivity contribution in [3.8, 4) is 5.75 Å². The molecule has 0 amide bonds. The minimum absolute atomic E-state index is 0.135. The maximum atomic E-state index is 12.7. The highest BCUT2D eigenvalue weighted by Gasteiger charge is 2.33. The van der Waals surface area contributed by atoms with Gasteiger partial charge in [-0.05, 0) is 49.4 Å². The standard InChI is InChI=1S/C15H23NO4S/c1-10-5-6-16(9-14(10)17)21(18,19)13-7-11(2)15(20-4)12(3)8-13/h7-8,10,14,17H,5-6,9H2,1-4H3. The summed E-state index contributed by atoms with van der Waals surface area (Å²) in [6.45, 7) is 6.21. The van der Waals surface area contributed by atoms with Gasteiger partial charge < -0.3 is 9.84 Å². The molecule has 0 saturated carbocycles. The average molecular weight is 313 g/mol. The number of aryl methyl sites for hydroxylation is 2. The Morgan fingerprint density at radius 2 is 1.86 bits per heavy atom. The fraction of sp³-hybridized carbons (Fsp3) is 0.600. The Morgan fingerprint density at radius 3 is 2.33 bits per heavy atom. The van der Waals surface area contributed by atoms with Crippen LogP contribution < -0.4 is 4.74 Å². The van der Waals surface area contributed by atoms with E-state index in [1.807, 2.05) is 20.8 Å². The van der Waals surface area contributed by atoms with Gasteiger partial charge in [-0.25, -0.2) is 8.42 Å². The summed E-state index contributed by atoms with van der Waals surface area (Å²) in [4.78, 5) is 0.264. The highest BCUT2D eigenvalue weighted by molar-refractivity contribution is 7.89. The SMILES string of the molecule is COc1c(C)cc(S(=O)(=O)N2CCC(C)C(O)C2)cc1C. The number of β-amino-alcohol motifs (C(OH)–C–C–N with tert-alkyl or cyclic N) is 1. The van der Waals surface area contributed by atoms with E-state index in [2.05, 4.69) is 0 Å². The summed E-state index contributed by atoms with van der Waals surface area (Å²) in [6.07, 6.45) is 0.0723. The van der Waals surface area contributed by atoms with Crippen LogP contribution in [0.25, 0.3) is 0 Å². The second-order valence-electron chi connectivity index (χ2n) is 5.79. The minimum atomic E-state index is -3.57. The molecule has 1 aliphatic rings. The number of piperidine rings is 1. The maximum Gasteiger partial charge on any atom is 0.243 e. The van der Waals surface area contributed by atoms with Gasteiger partial charge in [0.2, 0.25) is 10.0 Å². The number of sulfonamides is 1. The Morgan fingerprint density at radius 1 is 1.29 bits per heavy atom. The second kappa shape index (κ2) is 5.94. The molecule has 1 aromatic rings. The van der Waals surface area contributed by atoms with Crippen molar-refractivity contribution >= 4 is 10.0 Å². The predicted octanol–water partition coefficient (Wildman–Crippen LogP) is 1.70. The smallest absolute Gasteiger partial charge is 0.243 e. The summed E-state index contributed by atoms with van der Waals surface area (Å²) in [6, 6.07) is 3.26. The first-order valence-electron chi connectivity index (χ1n) is 7.10. The van der Waals surface area contributed by atoms with Crippen molar-refractivity contribution in [3.05, 3.63) is 23.3 Å². The summed E-state index contributed by atoms with van der Waals surface area (Å²) in [5.41, 5.74) is 1.59. The van der Waals surface area contributed by atoms with Crippen LogP contribution in [0.4, 0.5) is 0 Å². The van der Waals surface area contributed by atoms with E-state index in [4.69, 9.17) is 4.74 Å². The first-order valence-corrected chi connectivity index (χ1v) is 8.55. The normalized spacial score (nSPS) is 24.0. The lowest BCUT2D eigenvalue weighted by molar-refractivity contribution is 0.0605. The topological polar surface area (TPSA) is 66.8 Å². The Balaban J connectivity index is 2.36. The van der Waals surface area contributed by atoms with Gasteiger partial charge in [-0.1, -0.05) is 6.92 Å². The first kappa shape index (κ1) is 16.3. The Hall–Kier alpha value is -1.11. The number of methoxy groups -OCH3 is 1. The molecule has 1 saturated heterocycles. The van der Waals surface area contributed by atoms with Gasteiger partial charge in [-0.3, -0.25) is 0 Å². The number of benzene rings is 1. The molecule has 1 heterocycles. The van der Waals surface area contributed by atoms with Crippen molar-refractivity contribution in [1.82, 2.24) is 4.31 Å². The lowest BCUT2D eigenvalue weighted by Crippen LogP contribution is -2.45. The quantitative estimate of drug-likeness (QED) is 0.922. The van der Waals surface area contributed by atoms with E-state index in [0.717, 1.165) is 11.1 Å². The van der Waals surface area contributed by atoms with Crippen LogP contribution in [-0.4, -0.2) is 44.1 Å². The molecule has 0 aromatic heterocycles. The molecular weight excluding hydrogens is 290 g/mol. The molecule has 2 unspecified atom stereocenters. The van der Waals surface area contributed by atoms with Crippen LogP contribution in [0.2, 0.25) is 0 Å². The molecule has 118 valence electrons. The number of hydrogen-bond donors (Lipinski definition) is 1. The van der Waals surface area contributed by atoms with Gasteiger partial charge in [-0.15, -0.1) is 0 Å². The molecule has 5 nitrogen and oxygen atoms in total. The average Bonchev–Trinajstić information content (AvgIpc) is 2.41. The zero-order valence-corrected chi connectivity index (χ0v) is 13.8. The number of hydrogen-bond acceptors (Lipinski definition) is 4. The van der Waals surface area contributed by atoms with Crippen molar-refractivity contribution < 1.29 is 18.3 Å². The zero-order chi connectivity index (χ0) is 15.8. The predicted molar refractivity (Wildman–Crippen MR) is 81.0 cm³/mol.